The van der Waals surface area contributed by atoms with Gasteiger partial charge in [-0.15, -0.1) is 0 Å². The van der Waals surface area contributed by atoms with E-state index in [1.165, 1.54) is 11.4 Å². The van der Waals surface area contributed by atoms with Crippen molar-refractivity contribution in [1.29, 1.82) is 0 Å². The van der Waals surface area contributed by atoms with Crippen LogP contribution in [-0.4, -0.2) is 37.3 Å². The second-order valence-electron chi connectivity index (χ2n) is 11.4. The van der Waals surface area contributed by atoms with Gasteiger partial charge in [-0.05, 0) is 112 Å². The Balaban J connectivity index is 1.46. The van der Waals surface area contributed by atoms with Gasteiger partial charge in [-0.25, -0.2) is 9.79 Å². The SMILES string of the molecule is CCN(CC)c1ccc(N=c2ccc3c(-c4ccccc4C(=O)O)c4ccc(Nc5ccc(N(CC)CC)cc5)cc4oc-3c2)cc1. The molecule has 4 aromatic rings. The molecule has 1 aliphatic carbocycles. The average Bonchev–Trinajstić information content (AvgIpc) is 3.09. The first-order valence-corrected chi connectivity index (χ1v) is 16.3. The Bertz CT molecular complexity index is 2040. The topological polar surface area (TPSA) is 81.3 Å². The first kappa shape index (κ1) is 31.4. The van der Waals surface area contributed by atoms with Crippen molar-refractivity contribution >= 4 is 45.4 Å². The number of anilines is 4. The van der Waals surface area contributed by atoms with E-state index in [1.807, 2.05) is 60.7 Å². The molecule has 6 rings (SSSR count). The summed E-state index contributed by atoms with van der Waals surface area (Å²) < 4.78 is 6.56. The standard InChI is InChI=1S/C40H40N4O3/c1-5-43(6-2)31-19-13-27(14-20-31)41-29-17-23-35-37(25-29)47-38-26-30(42-28-15-21-32(22-16-28)44(7-3)8-4)18-24-36(38)39(35)33-11-9-10-12-34(33)40(45)46/h9-26,41H,5-8H2,1-4H3,(H,45,46). The number of rotatable bonds is 11. The quantitative estimate of drug-likeness (QED) is 0.140. The van der Waals surface area contributed by atoms with Crippen LogP contribution in [0.4, 0.5) is 28.4 Å². The summed E-state index contributed by atoms with van der Waals surface area (Å²) in [6, 6.07) is 35.6. The van der Waals surface area contributed by atoms with Crippen molar-refractivity contribution in [3.8, 4) is 22.5 Å². The Morgan fingerprint density at radius 3 is 1.96 bits per heavy atom. The summed E-state index contributed by atoms with van der Waals surface area (Å²) in [6.07, 6.45) is 0. The number of hydrogen-bond acceptors (Lipinski definition) is 6. The van der Waals surface area contributed by atoms with E-state index in [0.29, 0.717) is 16.9 Å². The molecule has 1 heterocycles. The van der Waals surface area contributed by atoms with Crippen molar-refractivity contribution in [1.82, 2.24) is 0 Å². The van der Waals surface area contributed by atoms with Crippen molar-refractivity contribution in [2.75, 3.05) is 41.3 Å². The molecule has 0 unspecified atom stereocenters. The van der Waals surface area contributed by atoms with E-state index in [-0.39, 0.29) is 5.56 Å². The number of carboxylic acid groups (broad SMARTS) is 1. The summed E-state index contributed by atoms with van der Waals surface area (Å²) in [5.74, 6) is -0.358. The van der Waals surface area contributed by atoms with Crippen LogP contribution in [0.3, 0.4) is 0 Å². The van der Waals surface area contributed by atoms with Gasteiger partial charge in [-0.3, -0.25) is 0 Å². The van der Waals surface area contributed by atoms with Gasteiger partial charge in [0.25, 0.3) is 0 Å². The summed E-state index contributed by atoms with van der Waals surface area (Å²) in [6.45, 7) is 12.4. The fourth-order valence-electron chi connectivity index (χ4n) is 6.19. The smallest absolute Gasteiger partial charge is 0.336 e. The Kier molecular flexibility index (Phi) is 9.25. The molecule has 0 atom stereocenters. The van der Waals surface area contributed by atoms with Gasteiger partial charge in [0.1, 0.15) is 11.3 Å². The summed E-state index contributed by atoms with van der Waals surface area (Å²) in [4.78, 5) is 21.8. The first-order chi connectivity index (χ1) is 22.9. The second kappa shape index (κ2) is 13.8. The van der Waals surface area contributed by atoms with Gasteiger partial charge >= 0.3 is 5.97 Å². The normalized spacial score (nSPS) is 11.6. The molecular weight excluding hydrogens is 584 g/mol. The van der Waals surface area contributed by atoms with E-state index in [2.05, 4.69) is 79.2 Å². The monoisotopic (exact) mass is 624 g/mol. The lowest BCUT2D eigenvalue weighted by atomic mass is 9.90. The first-order valence-electron chi connectivity index (χ1n) is 16.3. The van der Waals surface area contributed by atoms with E-state index in [4.69, 9.17) is 9.41 Å². The summed E-state index contributed by atoms with van der Waals surface area (Å²) in [5.41, 5.74) is 8.15. The van der Waals surface area contributed by atoms with Crippen molar-refractivity contribution in [2.24, 2.45) is 4.99 Å². The lowest BCUT2D eigenvalue weighted by Gasteiger charge is -2.21. The lowest BCUT2D eigenvalue weighted by molar-refractivity contribution is 0.0697. The lowest BCUT2D eigenvalue weighted by Crippen LogP contribution is -2.21. The minimum Gasteiger partial charge on any atom is -0.478 e. The number of carbonyl (C=O) groups is 1. The van der Waals surface area contributed by atoms with E-state index >= 15 is 0 Å². The van der Waals surface area contributed by atoms with Crippen LogP contribution in [0.2, 0.25) is 0 Å². The molecule has 0 fully saturated rings. The van der Waals surface area contributed by atoms with Gasteiger partial charge < -0.3 is 24.6 Å². The van der Waals surface area contributed by atoms with Crippen molar-refractivity contribution < 1.29 is 14.3 Å². The van der Waals surface area contributed by atoms with Crippen molar-refractivity contribution in [3.05, 3.63) is 120 Å². The summed E-state index contributed by atoms with van der Waals surface area (Å²) >= 11 is 0. The van der Waals surface area contributed by atoms with E-state index < -0.39 is 5.97 Å². The molecule has 238 valence electrons. The predicted molar refractivity (Wildman–Crippen MR) is 194 cm³/mol. The Morgan fingerprint density at radius 1 is 0.702 bits per heavy atom. The van der Waals surface area contributed by atoms with E-state index in [9.17, 15) is 9.90 Å². The molecule has 47 heavy (non-hydrogen) atoms. The molecule has 0 saturated heterocycles. The highest BCUT2D eigenvalue weighted by atomic mass is 16.4. The van der Waals surface area contributed by atoms with Gasteiger partial charge in [0.2, 0.25) is 0 Å². The third kappa shape index (κ3) is 6.56. The van der Waals surface area contributed by atoms with Crippen LogP contribution < -0.4 is 20.5 Å². The maximum Gasteiger partial charge on any atom is 0.336 e. The number of carboxylic acids is 1. The minimum absolute atomic E-state index is 0.235. The van der Waals surface area contributed by atoms with Crippen LogP contribution in [0.5, 0.6) is 0 Å². The molecule has 7 nitrogen and oxygen atoms in total. The van der Waals surface area contributed by atoms with Crippen LogP contribution >= 0.6 is 0 Å². The van der Waals surface area contributed by atoms with Crippen LogP contribution in [-0.2, 0) is 0 Å². The molecule has 2 N–H and O–H groups in total. The van der Waals surface area contributed by atoms with Crippen molar-refractivity contribution in [3.63, 3.8) is 0 Å². The van der Waals surface area contributed by atoms with Gasteiger partial charge in [-0.2, -0.15) is 0 Å². The molecule has 1 aliphatic heterocycles. The summed E-state index contributed by atoms with van der Waals surface area (Å²) in [5, 5.41) is 15.2. The third-order valence-corrected chi connectivity index (χ3v) is 8.65. The Labute approximate surface area is 275 Å². The zero-order valence-corrected chi connectivity index (χ0v) is 27.3. The molecule has 0 spiro atoms. The highest BCUT2D eigenvalue weighted by Gasteiger charge is 2.21. The maximum atomic E-state index is 12.3. The predicted octanol–water partition coefficient (Wildman–Crippen LogP) is 9.57. The van der Waals surface area contributed by atoms with E-state index in [1.54, 1.807) is 12.1 Å². The van der Waals surface area contributed by atoms with Gasteiger partial charge in [0.15, 0.2) is 0 Å². The number of fused-ring (bicyclic) bond motifs is 2. The largest absolute Gasteiger partial charge is 0.478 e. The second-order valence-corrected chi connectivity index (χ2v) is 11.4. The highest BCUT2D eigenvalue weighted by molar-refractivity contribution is 6.07. The summed E-state index contributed by atoms with van der Waals surface area (Å²) in [7, 11) is 0. The zero-order chi connectivity index (χ0) is 32.9. The number of aromatic carboxylic acids is 1. The number of hydrogen-bond donors (Lipinski definition) is 2. The fraction of sp³-hybridized carbons (Fsp3) is 0.200. The fourth-order valence-corrected chi connectivity index (χ4v) is 6.19. The van der Waals surface area contributed by atoms with Crippen molar-refractivity contribution in [2.45, 2.75) is 27.7 Å². The molecule has 0 amide bonds. The Hall–Kier alpha value is -5.56. The molecular formula is C40H40N4O3. The number of benzene rings is 5. The third-order valence-electron chi connectivity index (χ3n) is 8.65. The van der Waals surface area contributed by atoms with Gasteiger partial charge in [0, 0.05) is 77.6 Å². The van der Waals surface area contributed by atoms with Crippen LogP contribution in [0.15, 0.2) is 119 Å². The zero-order valence-electron chi connectivity index (χ0n) is 27.3. The molecule has 4 aromatic carbocycles. The van der Waals surface area contributed by atoms with Gasteiger partial charge in [-0.1, -0.05) is 18.2 Å². The van der Waals surface area contributed by atoms with Gasteiger partial charge in [0.05, 0.1) is 16.6 Å². The van der Waals surface area contributed by atoms with Crippen LogP contribution in [0, 0.1) is 0 Å². The van der Waals surface area contributed by atoms with E-state index in [0.717, 1.165) is 65.1 Å². The molecule has 0 saturated carbocycles. The number of nitrogens with zero attached hydrogens (tertiary/aromatic N) is 3. The minimum atomic E-state index is -0.978. The van der Waals surface area contributed by atoms with Crippen LogP contribution in [0.1, 0.15) is 38.1 Å². The average molecular weight is 625 g/mol. The molecule has 0 aromatic heterocycles. The van der Waals surface area contributed by atoms with Crippen LogP contribution in [0.25, 0.3) is 33.4 Å². The highest BCUT2D eigenvalue weighted by Crippen LogP contribution is 2.42. The maximum absolute atomic E-state index is 12.3. The molecule has 7 heteroatoms. The molecule has 0 radical (unpaired) electrons. The molecule has 2 aliphatic rings. The number of nitrogens with one attached hydrogen (secondary N) is 1. The Morgan fingerprint density at radius 2 is 1.32 bits per heavy atom. The molecule has 0 bridgehead atoms.